The fourth-order valence-electron chi connectivity index (χ4n) is 4.16. The Hall–Kier alpha value is -2.64. The van der Waals surface area contributed by atoms with E-state index in [0.717, 1.165) is 29.8 Å². The molecule has 0 spiro atoms. The quantitative estimate of drug-likeness (QED) is 0.376. The molecule has 1 fully saturated rings. The van der Waals surface area contributed by atoms with E-state index in [1.807, 2.05) is 23.4 Å². The summed E-state index contributed by atoms with van der Waals surface area (Å²) < 4.78 is 5.15. The monoisotopic (exact) mass is 420 g/mol. The number of amidine groups is 2. The number of aryl methyl sites for hydroxylation is 1. The molecular formula is C23H28N6S. The molecule has 0 unspecified atom stereocenters. The van der Waals surface area contributed by atoms with Gasteiger partial charge in [0.15, 0.2) is 0 Å². The fourth-order valence-corrected chi connectivity index (χ4v) is 4.78. The number of aromatic nitrogens is 2. The second-order valence-corrected chi connectivity index (χ2v) is 8.81. The molecule has 3 aromatic rings. The van der Waals surface area contributed by atoms with E-state index in [1.54, 1.807) is 6.20 Å². The lowest BCUT2D eigenvalue weighted by molar-refractivity contribution is 0.436. The highest BCUT2D eigenvalue weighted by Crippen LogP contribution is 2.31. The molecule has 0 saturated heterocycles. The molecule has 0 radical (unpaired) electrons. The second kappa shape index (κ2) is 9.45. The SMILES string of the molecule is Cc1ccc2c(c1)CNCC(=N)N2C(=N)C1CCCCC1.c1cc2cnsc2cn1. The van der Waals surface area contributed by atoms with Crippen LogP contribution in [0.4, 0.5) is 5.69 Å². The van der Waals surface area contributed by atoms with Crippen LogP contribution < -0.4 is 10.2 Å². The summed E-state index contributed by atoms with van der Waals surface area (Å²) in [7, 11) is 0. The number of rotatable bonds is 1. The van der Waals surface area contributed by atoms with Crippen LogP contribution in [-0.4, -0.2) is 27.6 Å². The number of anilines is 1. The zero-order chi connectivity index (χ0) is 20.9. The van der Waals surface area contributed by atoms with Crippen molar-refractivity contribution in [2.45, 2.75) is 45.6 Å². The van der Waals surface area contributed by atoms with E-state index in [-0.39, 0.29) is 0 Å². The van der Waals surface area contributed by atoms with E-state index >= 15 is 0 Å². The van der Waals surface area contributed by atoms with Gasteiger partial charge in [-0.1, -0.05) is 37.0 Å². The molecule has 3 heterocycles. The normalized spacial score (nSPS) is 17.1. The molecule has 0 bridgehead atoms. The smallest absolute Gasteiger partial charge is 0.120 e. The third-order valence-electron chi connectivity index (χ3n) is 5.75. The van der Waals surface area contributed by atoms with Crippen molar-refractivity contribution in [1.82, 2.24) is 14.7 Å². The zero-order valence-corrected chi connectivity index (χ0v) is 18.1. The van der Waals surface area contributed by atoms with Crippen LogP contribution in [0.25, 0.3) is 10.1 Å². The summed E-state index contributed by atoms with van der Waals surface area (Å²) in [6.45, 7) is 3.39. The molecule has 7 heteroatoms. The summed E-state index contributed by atoms with van der Waals surface area (Å²) in [6.07, 6.45) is 11.4. The maximum absolute atomic E-state index is 8.65. The van der Waals surface area contributed by atoms with Crippen molar-refractivity contribution in [1.29, 1.82) is 10.8 Å². The summed E-state index contributed by atoms with van der Waals surface area (Å²) in [5.41, 5.74) is 3.44. The van der Waals surface area contributed by atoms with Gasteiger partial charge in [0, 0.05) is 36.4 Å². The minimum absolute atomic E-state index is 0.311. The Balaban J connectivity index is 0.000000200. The number of nitrogens with zero attached hydrogens (tertiary/aromatic N) is 3. The third kappa shape index (κ3) is 4.57. The zero-order valence-electron chi connectivity index (χ0n) is 17.3. The van der Waals surface area contributed by atoms with Gasteiger partial charge in [-0.15, -0.1) is 0 Å². The first-order valence-corrected chi connectivity index (χ1v) is 11.3. The first kappa shape index (κ1) is 20.6. The summed E-state index contributed by atoms with van der Waals surface area (Å²) in [4.78, 5) is 5.84. The van der Waals surface area contributed by atoms with Crippen LogP contribution in [0.15, 0.2) is 42.9 Å². The number of hydrogen-bond acceptors (Lipinski definition) is 6. The first-order chi connectivity index (χ1) is 14.6. The van der Waals surface area contributed by atoms with Gasteiger partial charge in [0.2, 0.25) is 0 Å². The molecule has 2 aromatic heterocycles. The maximum Gasteiger partial charge on any atom is 0.120 e. The van der Waals surface area contributed by atoms with Crippen molar-refractivity contribution < 1.29 is 0 Å². The topological polar surface area (TPSA) is 88.8 Å². The summed E-state index contributed by atoms with van der Waals surface area (Å²) >= 11 is 1.47. The van der Waals surface area contributed by atoms with Gasteiger partial charge in [-0.25, -0.2) is 0 Å². The Morgan fingerprint density at radius 3 is 2.77 bits per heavy atom. The van der Waals surface area contributed by atoms with E-state index in [4.69, 9.17) is 10.8 Å². The molecule has 2 aliphatic rings. The Morgan fingerprint density at radius 2 is 1.97 bits per heavy atom. The summed E-state index contributed by atoms with van der Waals surface area (Å²) in [5, 5.41) is 21.5. The Morgan fingerprint density at radius 1 is 1.13 bits per heavy atom. The molecule has 3 N–H and O–H groups in total. The minimum Gasteiger partial charge on any atom is -0.306 e. The lowest BCUT2D eigenvalue weighted by Crippen LogP contribution is -2.43. The molecule has 1 aliphatic carbocycles. The average molecular weight is 421 g/mol. The van der Waals surface area contributed by atoms with Crippen molar-refractivity contribution in [2.75, 3.05) is 11.4 Å². The number of pyridine rings is 1. The average Bonchev–Trinajstić information content (AvgIpc) is 3.19. The Kier molecular flexibility index (Phi) is 6.50. The molecular weight excluding hydrogens is 392 g/mol. The first-order valence-electron chi connectivity index (χ1n) is 10.5. The molecule has 1 saturated carbocycles. The number of nitrogens with one attached hydrogen (secondary N) is 3. The molecule has 1 aromatic carbocycles. The van der Waals surface area contributed by atoms with Gasteiger partial charge in [0.1, 0.15) is 11.7 Å². The van der Waals surface area contributed by atoms with Crippen LogP contribution in [0.3, 0.4) is 0 Å². The number of hydrogen-bond donors (Lipinski definition) is 3. The van der Waals surface area contributed by atoms with E-state index < -0.39 is 0 Å². The van der Waals surface area contributed by atoms with Crippen LogP contribution >= 0.6 is 11.5 Å². The summed E-state index contributed by atoms with van der Waals surface area (Å²) in [5.74, 6) is 1.42. The largest absolute Gasteiger partial charge is 0.306 e. The highest BCUT2D eigenvalue weighted by molar-refractivity contribution is 7.13. The minimum atomic E-state index is 0.311. The van der Waals surface area contributed by atoms with Gasteiger partial charge < -0.3 is 5.32 Å². The van der Waals surface area contributed by atoms with Crippen molar-refractivity contribution in [3.63, 3.8) is 0 Å². The maximum atomic E-state index is 8.65. The highest BCUT2D eigenvalue weighted by atomic mass is 32.1. The van der Waals surface area contributed by atoms with E-state index in [2.05, 4.69) is 39.8 Å². The standard InChI is InChI=1S/C17H24N4.C6H4N2S/c1-12-7-8-15-14(9-12)10-20-11-16(18)21(15)17(19)13-5-3-2-4-6-13;1-2-7-4-6-5(1)3-8-9-6/h7-9,13,18-20H,2-6,10-11H2,1H3;1-4H. The van der Waals surface area contributed by atoms with E-state index in [0.29, 0.717) is 24.1 Å². The molecule has 1 aliphatic heterocycles. The molecule has 0 amide bonds. The van der Waals surface area contributed by atoms with Gasteiger partial charge in [0.05, 0.1) is 16.9 Å². The second-order valence-electron chi connectivity index (χ2n) is 7.98. The van der Waals surface area contributed by atoms with Gasteiger partial charge in [-0.2, -0.15) is 4.37 Å². The van der Waals surface area contributed by atoms with Crippen LogP contribution in [0.1, 0.15) is 43.2 Å². The van der Waals surface area contributed by atoms with E-state index in [9.17, 15) is 0 Å². The fraction of sp³-hybridized carbons (Fsp3) is 0.391. The highest BCUT2D eigenvalue weighted by Gasteiger charge is 2.28. The molecule has 0 atom stereocenters. The van der Waals surface area contributed by atoms with Gasteiger partial charge in [-0.3, -0.25) is 20.7 Å². The number of benzene rings is 1. The van der Waals surface area contributed by atoms with Crippen LogP contribution in [0.5, 0.6) is 0 Å². The number of fused-ring (bicyclic) bond motifs is 2. The Bertz CT molecular complexity index is 1010. The van der Waals surface area contributed by atoms with Crippen molar-refractivity contribution >= 4 is 39.0 Å². The lowest BCUT2D eigenvalue weighted by atomic mass is 9.87. The lowest BCUT2D eigenvalue weighted by Gasteiger charge is -2.32. The molecule has 156 valence electrons. The van der Waals surface area contributed by atoms with Gasteiger partial charge in [0.25, 0.3) is 0 Å². The van der Waals surface area contributed by atoms with Crippen molar-refractivity contribution in [3.05, 3.63) is 54.0 Å². The van der Waals surface area contributed by atoms with Crippen LogP contribution in [0.2, 0.25) is 0 Å². The predicted molar refractivity (Wildman–Crippen MR) is 125 cm³/mol. The van der Waals surface area contributed by atoms with E-state index in [1.165, 1.54) is 47.3 Å². The third-order valence-corrected chi connectivity index (χ3v) is 6.49. The van der Waals surface area contributed by atoms with Crippen LogP contribution in [-0.2, 0) is 6.54 Å². The van der Waals surface area contributed by atoms with Crippen LogP contribution in [0, 0.1) is 23.7 Å². The van der Waals surface area contributed by atoms with Crippen molar-refractivity contribution in [2.24, 2.45) is 5.92 Å². The predicted octanol–water partition coefficient (Wildman–Crippen LogP) is 5.13. The summed E-state index contributed by atoms with van der Waals surface area (Å²) in [6, 6.07) is 8.28. The Labute approximate surface area is 181 Å². The molecule has 5 rings (SSSR count). The van der Waals surface area contributed by atoms with Gasteiger partial charge in [-0.05, 0) is 49.0 Å². The molecule has 6 nitrogen and oxygen atoms in total. The van der Waals surface area contributed by atoms with Gasteiger partial charge >= 0.3 is 0 Å². The van der Waals surface area contributed by atoms with Crippen molar-refractivity contribution in [3.8, 4) is 0 Å². The molecule has 30 heavy (non-hydrogen) atoms.